The molecule has 6 N–H and O–H groups in total. The van der Waals surface area contributed by atoms with Gasteiger partial charge in [0.05, 0.1) is 24.4 Å². The number of anilines is 1. The molecule has 0 atom stereocenters. The Hall–Kier alpha value is -4.52. The van der Waals surface area contributed by atoms with Crippen molar-refractivity contribution in [2.45, 2.75) is 20.3 Å². The summed E-state index contributed by atoms with van der Waals surface area (Å²) in [7, 11) is 0. The number of pyridine rings is 2. The van der Waals surface area contributed by atoms with Gasteiger partial charge in [0.15, 0.2) is 0 Å². The van der Waals surface area contributed by atoms with Gasteiger partial charge in [-0.15, -0.1) is 0 Å². The van der Waals surface area contributed by atoms with Gasteiger partial charge in [0.2, 0.25) is 0 Å². The van der Waals surface area contributed by atoms with Gasteiger partial charge in [-0.3, -0.25) is 20.0 Å². The minimum Gasteiger partial charge on any atom is -0.402 e. The van der Waals surface area contributed by atoms with Crippen molar-refractivity contribution in [3.63, 3.8) is 0 Å². The Kier molecular flexibility index (Phi) is 6.60. The van der Waals surface area contributed by atoms with Crippen LogP contribution in [0.3, 0.4) is 0 Å². The number of allylic oxidation sites excluding steroid dienone is 1. The minimum absolute atomic E-state index is 0.211. The van der Waals surface area contributed by atoms with Crippen LogP contribution < -0.4 is 16.4 Å². The lowest BCUT2D eigenvalue weighted by Crippen LogP contribution is -2.25. The van der Waals surface area contributed by atoms with E-state index in [1.165, 1.54) is 12.4 Å². The average Bonchev–Trinajstić information content (AvgIpc) is 3.21. The largest absolute Gasteiger partial charge is 0.402 e. The maximum atomic E-state index is 12.3. The first-order valence-corrected chi connectivity index (χ1v) is 9.73. The lowest BCUT2D eigenvalue weighted by molar-refractivity contribution is -0.110. The van der Waals surface area contributed by atoms with Crippen molar-refractivity contribution in [1.82, 2.24) is 20.3 Å². The lowest BCUT2D eigenvalue weighted by Gasteiger charge is -2.07. The van der Waals surface area contributed by atoms with E-state index in [1.807, 2.05) is 12.1 Å². The number of nitriles is 1. The third kappa shape index (κ3) is 4.96. The smallest absolute Gasteiger partial charge is 0.273 e. The third-order valence-corrected chi connectivity index (χ3v) is 4.75. The second-order valence-corrected chi connectivity index (χ2v) is 7.08. The van der Waals surface area contributed by atoms with Crippen LogP contribution in [0.4, 0.5) is 5.69 Å². The van der Waals surface area contributed by atoms with E-state index < -0.39 is 5.91 Å². The Morgan fingerprint density at radius 2 is 2.03 bits per heavy atom. The van der Waals surface area contributed by atoms with Crippen molar-refractivity contribution >= 4 is 34.2 Å². The molecule has 162 valence electrons. The number of hydrogen-bond donors (Lipinski definition) is 5. The highest BCUT2D eigenvalue weighted by Gasteiger charge is 2.14. The van der Waals surface area contributed by atoms with Crippen molar-refractivity contribution in [2.75, 3.05) is 11.9 Å². The second-order valence-electron chi connectivity index (χ2n) is 7.08. The topological polar surface area (TPSA) is 173 Å². The van der Waals surface area contributed by atoms with Gasteiger partial charge >= 0.3 is 0 Å². The maximum absolute atomic E-state index is 12.3. The third-order valence-electron chi connectivity index (χ3n) is 4.75. The number of carbonyl (C=O) groups is 2. The van der Waals surface area contributed by atoms with E-state index in [0.29, 0.717) is 22.6 Å². The van der Waals surface area contributed by atoms with Gasteiger partial charge in [-0.05, 0) is 43.7 Å². The number of rotatable bonds is 7. The Morgan fingerprint density at radius 1 is 1.25 bits per heavy atom. The van der Waals surface area contributed by atoms with Gasteiger partial charge in [0.25, 0.3) is 11.8 Å². The molecule has 0 unspecified atom stereocenters. The summed E-state index contributed by atoms with van der Waals surface area (Å²) in [6, 6.07) is 8.93. The Balaban J connectivity index is 1.81. The SMILES string of the molecule is C/C(N)=C(\C)C(=N)C(=O)Nc1cnc2[nH]c(-c3ccnc(C(=O)NCCC#N)c3)cc2c1. The number of nitrogens with two attached hydrogens (primary N) is 1. The fourth-order valence-corrected chi connectivity index (χ4v) is 2.85. The first kappa shape index (κ1) is 22.2. The van der Waals surface area contributed by atoms with Crippen LogP contribution in [0.15, 0.2) is 47.9 Å². The molecule has 3 rings (SSSR count). The van der Waals surface area contributed by atoms with E-state index in [9.17, 15) is 9.59 Å². The minimum atomic E-state index is -0.578. The molecular formula is C22H22N8O2. The number of fused-ring (bicyclic) bond motifs is 1. The van der Waals surface area contributed by atoms with Gasteiger partial charge in [0.1, 0.15) is 17.1 Å². The molecule has 0 spiro atoms. The molecule has 10 nitrogen and oxygen atoms in total. The number of carbonyl (C=O) groups excluding carboxylic acids is 2. The normalized spacial score (nSPS) is 11.4. The molecule has 0 aliphatic rings. The average molecular weight is 430 g/mol. The molecule has 0 fully saturated rings. The van der Waals surface area contributed by atoms with Gasteiger partial charge in [-0.25, -0.2) is 4.98 Å². The van der Waals surface area contributed by atoms with Gasteiger partial charge in [-0.1, -0.05) is 0 Å². The van der Waals surface area contributed by atoms with Gasteiger partial charge in [0, 0.05) is 35.1 Å². The van der Waals surface area contributed by atoms with E-state index in [1.54, 1.807) is 32.0 Å². The molecule has 10 heteroatoms. The van der Waals surface area contributed by atoms with Crippen LogP contribution in [0.5, 0.6) is 0 Å². The zero-order valence-corrected chi connectivity index (χ0v) is 17.6. The Morgan fingerprint density at radius 3 is 2.75 bits per heavy atom. The van der Waals surface area contributed by atoms with E-state index in [2.05, 4.69) is 25.6 Å². The fourth-order valence-electron chi connectivity index (χ4n) is 2.85. The molecule has 32 heavy (non-hydrogen) atoms. The number of aromatic nitrogens is 3. The molecule has 0 aliphatic heterocycles. The quantitative estimate of drug-likeness (QED) is 0.284. The summed E-state index contributed by atoms with van der Waals surface area (Å²) >= 11 is 0. The molecule has 0 saturated carbocycles. The monoisotopic (exact) mass is 430 g/mol. The predicted molar refractivity (Wildman–Crippen MR) is 121 cm³/mol. The summed E-state index contributed by atoms with van der Waals surface area (Å²) < 4.78 is 0. The number of aromatic amines is 1. The van der Waals surface area contributed by atoms with Crippen molar-refractivity contribution < 1.29 is 9.59 Å². The summed E-state index contributed by atoms with van der Waals surface area (Å²) in [5, 5.41) is 22.6. The summed E-state index contributed by atoms with van der Waals surface area (Å²) in [5.74, 6) is -0.939. The zero-order chi connectivity index (χ0) is 23.3. The van der Waals surface area contributed by atoms with Crippen LogP contribution in [-0.2, 0) is 4.79 Å². The van der Waals surface area contributed by atoms with Crippen molar-refractivity contribution in [2.24, 2.45) is 5.73 Å². The maximum Gasteiger partial charge on any atom is 0.273 e. The van der Waals surface area contributed by atoms with Crippen LogP contribution in [-0.4, -0.2) is 39.0 Å². The van der Waals surface area contributed by atoms with E-state index >= 15 is 0 Å². The molecule has 0 radical (unpaired) electrons. The first-order valence-electron chi connectivity index (χ1n) is 9.73. The summed E-state index contributed by atoms with van der Waals surface area (Å²) in [6.45, 7) is 3.50. The number of hydrogen-bond acceptors (Lipinski definition) is 7. The highest BCUT2D eigenvalue weighted by Crippen LogP contribution is 2.25. The standard InChI is InChI=1S/C22H22N8O2/c1-12(13(2)24)19(25)22(32)29-16-8-15-10-17(30-20(15)28-11-16)14-4-7-26-18(9-14)21(31)27-6-3-5-23/h4,7-11,25H,3,6,24H2,1-2H3,(H,27,31)(H,28,30)(H,29,32)/b13-12-,25-19?. The number of amides is 2. The highest BCUT2D eigenvalue weighted by molar-refractivity contribution is 6.47. The molecule has 3 aromatic rings. The summed E-state index contributed by atoms with van der Waals surface area (Å²) in [4.78, 5) is 36.1. The van der Waals surface area contributed by atoms with Crippen LogP contribution in [0.1, 0.15) is 30.8 Å². The molecule has 0 aliphatic carbocycles. The summed E-state index contributed by atoms with van der Waals surface area (Å²) in [6.07, 6.45) is 3.24. The number of H-pyrrole nitrogens is 1. The van der Waals surface area contributed by atoms with Crippen LogP contribution >= 0.6 is 0 Å². The van der Waals surface area contributed by atoms with Crippen LogP contribution in [0.2, 0.25) is 0 Å². The van der Waals surface area contributed by atoms with Gasteiger partial charge < -0.3 is 21.4 Å². The van der Waals surface area contributed by atoms with Crippen molar-refractivity contribution in [1.29, 1.82) is 10.7 Å². The lowest BCUT2D eigenvalue weighted by atomic mass is 10.1. The second kappa shape index (κ2) is 9.53. The predicted octanol–water partition coefficient (Wildman–Crippen LogP) is 2.48. The van der Waals surface area contributed by atoms with Gasteiger partial charge in [-0.2, -0.15) is 5.26 Å². The fraction of sp³-hybridized carbons (Fsp3) is 0.182. The van der Waals surface area contributed by atoms with Crippen LogP contribution in [0.25, 0.3) is 22.3 Å². The molecule has 0 saturated heterocycles. The van der Waals surface area contributed by atoms with E-state index in [-0.39, 0.29) is 30.3 Å². The molecule has 2 amide bonds. The highest BCUT2D eigenvalue weighted by atomic mass is 16.2. The Labute approximate surface area is 184 Å². The molecule has 0 aromatic carbocycles. The van der Waals surface area contributed by atoms with E-state index in [0.717, 1.165) is 16.6 Å². The first-order chi connectivity index (χ1) is 15.3. The molecule has 0 bridgehead atoms. The number of nitrogens with one attached hydrogen (secondary N) is 4. The van der Waals surface area contributed by atoms with E-state index in [4.69, 9.17) is 16.4 Å². The van der Waals surface area contributed by atoms with Crippen LogP contribution in [0, 0.1) is 16.7 Å². The zero-order valence-electron chi connectivity index (χ0n) is 17.6. The van der Waals surface area contributed by atoms with Crippen molar-refractivity contribution in [3.05, 3.63) is 53.6 Å². The molecular weight excluding hydrogens is 408 g/mol. The molecule has 3 heterocycles. The molecule has 3 aromatic heterocycles. The number of nitrogens with zero attached hydrogens (tertiary/aromatic N) is 3. The Bertz CT molecular complexity index is 1280. The summed E-state index contributed by atoms with van der Waals surface area (Å²) in [5.41, 5.74) is 8.98. The van der Waals surface area contributed by atoms with Crippen molar-refractivity contribution in [3.8, 4) is 17.3 Å².